The van der Waals surface area contributed by atoms with Crippen molar-refractivity contribution in [2.45, 2.75) is 6.42 Å². The first-order chi connectivity index (χ1) is 21.3. The van der Waals surface area contributed by atoms with E-state index >= 15 is 0 Å². The molecular weight excluding hydrogens is 516 g/mol. The van der Waals surface area contributed by atoms with E-state index in [4.69, 9.17) is 0 Å². The van der Waals surface area contributed by atoms with E-state index in [0.29, 0.717) is 0 Å². The second kappa shape index (κ2) is 9.54. The summed E-state index contributed by atoms with van der Waals surface area (Å²) in [4.78, 5) is 0. The maximum absolute atomic E-state index is 2.41. The Balaban J connectivity index is 1.25. The molecule has 0 unspecified atom stereocenters. The molecule has 0 fully saturated rings. The van der Waals surface area contributed by atoms with E-state index in [1.54, 1.807) is 0 Å². The summed E-state index contributed by atoms with van der Waals surface area (Å²) in [6.45, 7) is 0. The Morgan fingerprint density at radius 2 is 0.884 bits per heavy atom. The minimum absolute atomic E-state index is 0.982. The molecule has 1 aliphatic carbocycles. The largest absolute Gasteiger partial charge is 0.0622 e. The van der Waals surface area contributed by atoms with Crippen LogP contribution in [0.15, 0.2) is 158 Å². The molecule has 0 atom stereocenters. The zero-order chi connectivity index (χ0) is 28.3. The van der Waals surface area contributed by atoms with E-state index in [0.717, 1.165) is 6.42 Å². The standard InChI is InChI=1S/C43H28/c1-2-11-29(12-3-1)42-35-18-4-6-20-37(35)43(38-21-7-5-19-36(38)42)34-17-9-15-30(25-34)31-23-24-32-26-33-16-8-13-28-14-10-22-39(41(28)33)40(32)27-31/h1-25,27H,26H2. The normalized spacial score (nSPS) is 12.1. The van der Waals surface area contributed by atoms with Gasteiger partial charge in [0.15, 0.2) is 0 Å². The van der Waals surface area contributed by atoms with Crippen LogP contribution in [0.1, 0.15) is 11.1 Å². The number of rotatable bonds is 3. The van der Waals surface area contributed by atoms with Crippen molar-refractivity contribution in [3.05, 3.63) is 169 Å². The highest BCUT2D eigenvalue weighted by atomic mass is 14.2. The van der Waals surface area contributed by atoms with Crippen molar-refractivity contribution >= 4 is 32.3 Å². The van der Waals surface area contributed by atoms with E-state index in [9.17, 15) is 0 Å². The fraction of sp³-hybridized carbons (Fsp3) is 0.0233. The molecule has 1 aliphatic rings. The Labute approximate surface area is 251 Å². The quantitative estimate of drug-likeness (QED) is 0.194. The molecule has 0 spiro atoms. The maximum atomic E-state index is 2.41. The number of benzene rings is 8. The van der Waals surface area contributed by atoms with Crippen molar-refractivity contribution in [2.24, 2.45) is 0 Å². The highest BCUT2D eigenvalue weighted by molar-refractivity contribution is 6.21. The Morgan fingerprint density at radius 3 is 1.60 bits per heavy atom. The van der Waals surface area contributed by atoms with Crippen LogP contribution in [0.3, 0.4) is 0 Å². The van der Waals surface area contributed by atoms with Crippen LogP contribution in [0.25, 0.3) is 76.8 Å². The lowest BCUT2D eigenvalue weighted by molar-refractivity contribution is 1.20. The van der Waals surface area contributed by atoms with Crippen molar-refractivity contribution < 1.29 is 0 Å². The van der Waals surface area contributed by atoms with Gasteiger partial charge in [-0.2, -0.15) is 0 Å². The Hall–Kier alpha value is -5.46. The lowest BCUT2D eigenvalue weighted by atomic mass is 9.82. The third-order valence-electron chi connectivity index (χ3n) is 9.25. The minimum atomic E-state index is 0.982. The average molecular weight is 545 g/mol. The lowest BCUT2D eigenvalue weighted by Gasteiger charge is -2.22. The predicted molar refractivity (Wildman–Crippen MR) is 184 cm³/mol. The monoisotopic (exact) mass is 544 g/mol. The van der Waals surface area contributed by atoms with Gasteiger partial charge < -0.3 is 0 Å². The van der Waals surface area contributed by atoms with Gasteiger partial charge in [-0.15, -0.1) is 0 Å². The van der Waals surface area contributed by atoms with Crippen molar-refractivity contribution in [3.63, 3.8) is 0 Å². The van der Waals surface area contributed by atoms with Crippen LogP contribution in [0.5, 0.6) is 0 Å². The number of hydrogen-bond donors (Lipinski definition) is 0. The van der Waals surface area contributed by atoms with E-state index in [2.05, 4.69) is 158 Å². The Morgan fingerprint density at radius 1 is 0.326 bits per heavy atom. The smallest absolute Gasteiger partial charge is 0.00132 e. The topological polar surface area (TPSA) is 0 Å². The van der Waals surface area contributed by atoms with Crippen molar-refractivity contribution in [1.82, 2.24) is 0 Å². The Bertz CT molecular complexity index is 2300. The first-order valence-corrected chi connectivity index (χ1v) is 15.1. The van der Waals surface area contributed by atoms with Crippen LogP contribution >= 0.6 is 0 Å². The van der Waals surface area contributed by atoms with Gasteiger partial charge in [0.05, 0.1) is 0 Å². The van der Waals surface area contributed by atoms with Crippen LogP contribution in [0, 0.1) is 0 Å². The summed E-state index contributed by atoms with van der Waals surface area (Å²) in [6, 6.07) is 58.2. The van der Waals surface area contributed by atoms with Crippen molar-refractivity contribution in [2.75, 3.05) is 0 Å². The molecule has 0 nitrogen and oxygen atoms in total. The summed E-state index contributed by atoms with van der Waals surface area (Å²) in [5, 5.41) is 7.86. The highest BCUT2D eigenvalue weighted by Crippen LogP contribution is 2.45. The van der Waals surface area contributed by atoms with Crippen molar-refractivity contribution in [1.29, 1.82) is 0 Å². The molecule has 0 radical (unpaired) electrons. The first-order valence-electron chi connectivity index (χ1n) is 15.1. The SMILES string of the molecule is c1ccc(-c2c3ccccc3c(-c3cccc(-c4ccc5c(c4)-c4cccc6cccc(c46)C5)c3)c3ccccc23)cc1. The summed E-state index contributed by atoms with van der Waals surface area (Å²) in [7, 11) is 0. The van der Waals surface area contributed by atoms with Gasteiger partial charge in [0, 0.05) is 0 Å². The molecule has 8 aromatic rings. The molecule has 0 bridgehead atoms. The van der Waals surface area contributed by atoms with Gasteiger partial charge in [-0.25, -0.2) is 0 Å². The van der Waals surface area contributed by atoms with E-state index in [-0.39, 0.29) is 0 Å². The predicted octanol–water partition coefficient (Wildman–Crippen LogP) is 11.7. The molecule has 0 N–H and O–H groups in total. The van der Waals surface area contributed by atoms with Crippen LogP contribution in [0.2, 0.25) is 0 Å². The van der Waals surface area contributed by atoms with Gasteiger partial charge in [0.25, 0.3) is 0 Å². The summed E-state index contributed by atoms with van der Waals surface area (Å²) < 4.78 is 0. The molecule has 0 heterocycles. The summed E-state index contributed by atoms with van der Waals surface area (Å²) in [5.74, 6) is 0. The van der Waals surface area contributed by atoms with Gasteiger partial charge in [0.1, 0.15) is 0 Å². The third kappa shape index (κ3) is 3.77. The third-order valence-corrected chi connectivity index (χ3v) is 9.25. The second-order valence-electron chi connectivity index (χ2n) is 11.7. The molecule has 0 aromatic heterocycles. The van der Waals surface area contributed by atoms with Crippen molar-refractivity contribution in [3.8, 4) is 44.5 Å². The Kier molecular flexibility index (Phi) is 5.36. The van der Waals surface area contributed by atoms with Gasteiger partial charge in [-0.3, -0.25) is 0 Å². The molecule has 0 amide bonds. The molecule has 8 aromatic carbocycles. The van der Waals surface area contributed by atoms with E-state index in [1.165, 1.54) is 88.0 Å². The van der Waals surface area contributed by atoms with Crippen LogP contribution < -0.4 is 0 Å². The molecule has 0 aliphatic heterocycles. The molecule has 0 saturated carbocycles. The van der Waals surface area contributed by atoms with Crippen LogP contribution in [0.4, 0.5) is 0 Å². The zero-order valence-corrected chi connectivity index (χ0v) is 23.7. The highest BCUT2D eigenvalue weighted by Gasteiger charge is 2.20. The molecule has 9 rings (SSSR count). The van der Waals surface area contributed by atoms with E-state index in [1.807, 2.05) is 0 Å². The van der Waals surface area contributed by atoms with Crippen LogP contribution in [-0.2, 0) is 6.42 Å². The van der Waals surface area contributed by atoms with Gasteiger partial charge in [-0.05, 0) is 107 Å². The minimum Gasteiger partial charge on any atom is -0.0622 e. The summed E-state index contributed by atoms with van der Waals surface area (Å²) in [6.07, 6.45) is 0.982. The second-order valence-corrected chi connectivity index (χ2v) is 11.7. The average Bonchev–Trinajstić information content (AvgIpc) is 3.07. The zero-order valence-electron chi connectivity index (χ0n) is 23.7. The van der Waals surface area contributed by atoms with Gasteiger partial charge in [0.2, 0.25) is 0 Å². The summed E-state index contributed by atoms with van der Waals surface area (Å²) >= 11 is 0. The van der Waals surface area contributed by atoms with E-state index < -0.39 is 0 Å². The van der Waals surface area contributed by atoms with Gasteiger partial charge >= 0.3 is 0 Å². The van der Waals surface area contributed by atoms with Gasteiger partial charge in [-0.1, -0.05) is 146 Å². The fourth-order valence-electron chi connectivity index (χ4n) is 7.37. The molecule has 0 saturated heterocycles. The summed E-state index contributed by atoms with van der Waals surface area (Å²) in [5.41, 5.74) is 13.1. The lowest BCUT2D eigenvalue weighted by Crippen LogP contribution is -2.01. The number of hydrogen-bond acceptors (Lipinski definition) is 0. The molecular formula is C43H28. The molecule has 200 valence electrons. The first kappa shape index (κ1) is 24.2. The number of fused-ring (bicyclic) bond motifs is 4. The fourth-order valence-corrected chi connectivity index (χ4v) is 7.37. The van der Waals surface area contributed by atoms with Crippen LogP contribution in [-0.4, -0.2) is 0 Å². The maximum Gasteiger partial charge on any atom is -0.00132 e. The molecule has 43 heavy (non-hydrogen) atoms. The molecule has 0 heteroatoms.